The summed E-state index contributed by atoms with van der Waals surface area (Å²) in [5.74, 6) is 0.0585. The van der Waals surface area contributed by atoms with Crippen molar-refractivity contribution in [3.63, 3.8) is 0 Å². The third-order valence-electron chi connectivity index (χ3n) is 5.80. The van der Waals surface area contributed by atoms with Crippen LogP contribution in [0, 0.1) is 0 Å². The molecule has 2 aromatic carbocycles. The lowest BCUT2D eigenvalue weighted by atomic mass is 9.98. The van der Waals surface area contributed by atoms with Gasteiger partial charge < -0.3 is 38.8 Å². The van der Waals surface area contributed by atoms with E-state index in [4.69, 9.17) is 33.5 Å². The van der Waals surface area contributed by atoms with Crippen LogP contribution in [-0.4, -0.2) is 97.0 Å². The summed E-state index contributed by atoms with van der Waals surface area (Å²) in [6.07, 6.45) is 0.281. The van der Waals surface area contributed by atoms with Crippen molar-refractivity contribution in [2.45, 2.75) is 12.3 Å². The molecule has 9 nitrogen and oxygen atoms in total. The molecule has 1 aliphatic carbocycles. The summed E-state index contributed by atoms with van der Waals surface area (Å²) in [7, 11) is 0. The van der Waals surface area contributed by atoms with E-state index in [0.717, 1.165) is 0 Å². The van der Waals surface area contributed by atoms with Gasteiger partial charge in [0.15, 0.2) is 0 Å². The molecule has 0 atom stereocenters. The molecule has 0 heterocycles. The van der Waals surface area contributed by atoms with Gasteiger partial charge in [-0.15, -0.1) is 0 Å². The average Bonchev–Trinajstić information content (AvgIpc) is 3.25. The standard InChI is InChI=1S/C28H39NO8/c30-11-13-33-15-17-35-19-21-36-20-18-34-16-14-32-12-5-10-29-28(31)37-22-27-25-8-3-1-6-23(25)24-7-2-4-9-26(24)27/h1-4,6-9,27,30H,5,10-22H2,(H,29,31). The first-order valence-corrected chi connectivity index (χ1v) is 12.9. The number of ether oxygens (including phenoxy) is 6. The van der Waals surface area contributed by atoms with Gasteiger partial charge in [0.2, 0.25) is 0 Å². The smallest absolute Gasteiger partial charge is 0.407 e. The van der Waals surface area contributed by atoms with Gasteiger partial charge in [-0.3, -0.25) is 0 Å². The Morgan fingerprint density at radius 3 is 1.65 bits per heavy atom. The molecule has 204 valence electrons. The first-order chi connectivity index (χ1) is 18.3. The average molecular weight is 518 g/mol. The van der Waals surface area contributed by atoms with Gasteiger partial charge in [0.25, 0.3) is 0 Å². The van der Waals surface area contributed by atoms with Crippen LogP contribution in [0.25, 0.3) is 11.1 Å². The third kappa shape index (κ3) is 10.4. The number of hydrogen-bond acceptors (Lipinski definition) is 8. The number of carbonyl (C=O) groups excluding carboxylic acids is 1. The normalized spacial score (nSPS) is 12.4. The summed E-state index contributed by atoms with van der Waals surface area (Å²) in [5, 5.41) is 11.4. The molecule has 9 heteroatoms. The maximum absolute atomic E-state index is 12.2. The molecule has 0 radical (unpaired) electrons. The van der Waals surface area contributed by atoms with Crippen molar-refractivity contribution in [2.24, 2.45) is 0 Å². The molecule has 0 bridgehead atoms. The second kappa shape index (κ2) is 17.8. The predicted octanol–water partition coefficient (Wildman–Crippen LogP) is 2.99. The van der Waals surface area contributed by atoms with Crippen LogP contribution in [0.15, 0.2) is 48.5 Å². The fraction of sp³-hybridized carbons (Fsp3) is 0.536. The molecular weight excluding hydrogens is 478 g/mol. The van der Waals surface area contributed by atoms with Gasteiger partial charge in [-0.25, -0.2) is 4.79 Å². The molecule has 0 unspecified atom stereocenters. The zero-order valence-corrected chi connectivity index (χ0v) is 21.4. The second-order valence-electron chi connectivity index (χ2n) is 8.39. The number of alkyl carbamates (subject to hydrolysis) is 1. The molecule has 0 fully saturated rings. The van der Waals surface area contributed by atoms with Crippen molar-refractivity contribution in [3.8, 4) is 11.1 Å². The van der Waals surface area contributed by atoms with E-state index in [1.54, 1.807) is 0 Å². The Balaban J connectivity index is 1.12. The fourth-order valence-corrected chi connectivity index (χ4v) is 4.06. The number of fused-ring (bicyclic) bond motifs is 3. The van der Waals surface area contributed by atoms with E-state index in [1.807, 2.05) is 24.3 Å². The molecule has 0 aromatic heterocycles. The largest absolute Gasteiger partial charge is 0.449 e. The fourth-order valence-electron chi connectivity index (χ4n) is 4.06. The molecular formula is C28H39NO8. The van der Waals surface area contributed by atoms with Crippen LogP contribution < -0.4 is 5.32 Å². The van der Waals surface area contributed by atoms with Crippen molar-refractivity contribution >= 4 is 6.09 Å². The minimum atomic E-state index is -0.411. The van der Waals surface area contributed by atoms with Gasteiger partial charge in [-0.1, -0.05) is 48.5 Å². The number of carbonyl (C=O) groups is 1. The summed E-state index contributed by atoms with van der Waals surface area (Å²) < 4.78 is 32.3. The minimum absolute atomic E-state index is 0.0228. The first-order valence-electron chi connectivity index (χ1n) is 12.9. The quantitative estimate of drug-likeness (QED) is 0.258. The van der Waals surface area contributed by atoms with Crippen LogP contribution in [0.3, 0.4) is 0 Å². The summed E-state index contributed by atoms with van der Waals surface area (Å²) in [6.45, 7) is 5.59. The Morgan fingerprint density at radius 1 is 0.676 bits per heavy atom. The number of amides is 1. The minimum Gasteiger partial charge on any atom is -0.449 e. The SMILES string of the molecule is O=C(NCCCOCCOCCOCCOCCOCCO)OCC1c2ccccc2-c2ccccc21. The van der Waals surface area contributed by atoms with Crippen LogP contribution in [0.2, 0.25) is 0 Å². The van der Waals surface area contributed by atoms with Crippen molar-refractivity contribution < 1.29 is 38.3 Å². The molecule has 0 saturated carbocycles. The van der Waals surface area contributed by atoms with E-state index in [0.29, 0.717) is 85.6 Å². The van der Waals surface area contributed by atoms with Gasteiger partial charge >= 0.3 is 6.09 Å². The van der Waals surface area contributed by atoms with Crippen LogP contribution in [0.1, 0.15) is 23.5 Å². The van der Waals surface area contributed by atoms with E-state index >= 15 is 0 Å². The van der Waals surface area contributed by atoms with Crippen LogP contribution in [-0.2, 0) is 28.4 Å². The van der Waals surface area contributed by atoms with E-state index in [-0.39, 0.29) is 12.5 Å². The van der Waals surface area contributed by atoms with Crippen molar-refractivity contribution in [1.82, 2.24) is 5.32 Å². The lowest BCUT2D eigenvalue weighted by molar-refractivity contribution is -0.0133. The Kier molecular flexibility index (Phi) is 14.0. The third-order valence-corrected chi connectivity index (χ3v) is 5.80. The number of benzene rings is 2. The Morgan fingerprint density at radius 2 is 1.14 bits per heavy atom. The Hall–Kier alpha value is -2.53. The van der Waals surface area contributed by atoms with Crippen LogP contribution >= 0.6 is 0 Å². The highest BCUT2D eigenvalue weighted by molar-refractivity contribution is 5.79. The maximum Gasteiger partial charge on any atom is 0.407 e. The molecule has 2 N–H and O–H groups in total. The van der Waals surface area contributed by atoms with E-state index in [9.17, 15) is 4.79 Å². The summed E-state index contributed by atoms with van der Waals surface area (Å²) in [5.41, 5.74) is 4.82. The molecule has 1 amide bonds. The van der Waals surface area contributed by atoms with Crippen molar-refractivity contribution in [2.75, 3.05) is 85.8 Å². The molecule has 3 rings (SSSR count). The van der Waals surface area contributed by atoms with Gasteiger partial charge in [0.05, 0.1) is 66.1 Å². The monoisotopic (exact) mass is 517 g/mol. The predicted molar refractivity (Wildman–Crippen MR) is 139 cm³/mol. The molecule has 2 aromatic rings. The van der Waals surface area contributed by atoms with E-state index < -0.39 is 6.09 Å². The lowest BCUT2D eigenvalue weighted by Crippen LogP contribution is -2.27. The lowest BCUT2D eigenvalue weighted by Gasteiger charge is -2.14. The number of aliphatic hydroxyl groups is 1. The number of rotatable bonds is 20. The summed E-state index contributed by atoms with van der Waals surface area (Å²) in [4.78, 5) is 12.2. The summed E-state index contributed by atoms with van der Waals surface area (Å²) in [6, 6.07) is 16.6. The highest BCUT2D eigenvalue weighted by Gasteiger charge is 2.28. The molecule has 37 heavy (non-hydrogen) atoms. The van der Waals surface area contributed by atoms with Crippen LogP contribution in [0.4, 0.5) is 4.79 Å². The second-order valence-corrected chi connectivity index (χ2v) is 8.39. The van der Waals surface area contributed by atoms with Gasteiger partial charge in [-0.2, -0.15) is 0 Å². The zero-order chi connectivity index (χ0) is 26.0. The number of hydrogen-bond donors (Lipinski definition) is 2. The maximum atomic E-state index is 12.2. The van der Waals surface area contributed by atoms with Crippen molar-refractivity contribution in [3.05, 3.63) is 59.7 Å². The highest BCUT2D eigenvalue weighted by atomic mass is 16.6. The van der Waals surface area contributed by atoms with E-state index in [1.165, 1.54) is 22.3 Å². The molecule has 1 aliphatic rings. The summed E-state index contributed by atoms with van der Waals surface area (Å²) >= 11 is 0. The first kappa shape index (κ1) is 29.0. The zero-order valence-electron chi connectivity index (χ0n) is 21.4. The van der Waals surface area contributed by atoms with E-state index in [2.05, 4.69) is 29.6 Å². The number of nitrogens with one attached hydrogen (secondary N) is 1. The molecule has 0 aliphatic heterocycles. The Labute approximate surface area is 219 Å². The number of aliphatic hydroxyl groups excluding tert-OH is 1. The van der Waals surface area contributed by atoms with Crippen molar-refractivity contribution in [1.29, 1.82) is 0 Å². The van der Waals surface area contributed by atoms with Crippen LogP contribution in [0.5, 0.6) is 0 Å². The molecule has 0 spiro atoms. The highest BCUT2D eigenvalue weighted by Crippen LogP contribution is 2.44. The molecule has 0 saturated heterocycles. The van der Waals surface area contributed by atoms with Gasteiger partial charge in [0.1, 0.15) is 6.61 Å². The topological polar surface area (TPSA) is 105 Å². The van der Waals surface area contributed by atoms with Gasteiger partial charge in [-0.05, 0) is 28.7 Å². The van der Waals surface area contributed by atoms with Gasteiger partial charge in [0, 0.05) is 19.1 Å². The Bertz CT molecular complexity index is 864.